The van der Waals surface area contributed by atoms with Gasteiger partial charge in [0.1, 0.15) is 11.3 Å². The molecule has 1 saturated carbocycles. The second kappa shape index (κ2) is 5.42. The van der Waals surface area contributed by atoms with E-state index in [0.29, 0.717) is 17.3 Å². The summed E-state index contributed by atoms with van der Waals surface area (Å²) >= 11 is 6.48. The minimum atomic E-state index is -0.367. The highest BCUT2D eigenvalue weighted by molar-refractivity contribution is 6.35. The Morgan fingerprint density at radius 2 is 2.09 bits per heavy atom. The maximum Gasteiger partial charge on any atom is 0.319 e. The first-order valence-electron chi connectivity index (χ1n) is 8.12. The van der Waals surface area contributed by atoms with Gasteiger partial charge in [-0.2, -0.15) is 0 Å². The van der Waals surface area contributed by atoms with Crippen molar-refractivity contribution in [1.82, 2.24) is 10.6 Å². The molecule has 1 spiro atoms. The van der Waals surface area contributed by atoms with Gasteiger partial charge in [0.25, 0.3) is 0 Å². The van der Waals surface area contributed by atoms with Gasteiger partial charge in [0, 0.05) is 10.9 Å². The minimum absolute atomic E-state index is 0.178. The fourth-order valence-corrected chi connectivity index (χ4v) is 4.26. The molecule has 2 heterocycles. The van der Waals surface area contributed by atoms with E-state index in [1.165, 1.54) is 6.42 Å². The van der Waals surface area contributed by atoms with Crippen LogP contribution in [-0.2, 0) is 12.1 Å². The number of carbonyl (C=O) groups is 1. The lowest BCUT2D eigenvalue weighted by molar-refractivity contribution is 0.209. The van der Waals surface area contributed by atoms with Gasteiger partial charge in [-0.05, 0) is 32.0 Å². The quantitative estimate of drug-likeness (QED) is 0.775. The first-order valence-corrected chi connectivity index (χ1v) is 8.50. The number of benzene rings is 1. The van der Waals surface area contributed by atoms with Gasteiger partial charge in [0.15, 0.2) is 0 Å². The number of urea groups is 1. The van der Waals surface area contributed by atoms with Crippen molar-refractivity contribution in [1.29, 1.82) is 0 Å². The number of halogens is 1. The molecule has 2 amide bonds. The number of anilines is 1. The molecule has 122 valence electrons. The van der Waals surface area contributed by atoms with Gasteiger partial charge in [0.05, 0.1) is 22.8 Å². The molecule has 0 saturated heterocycles. The van der Waals surface area contributed by atoms with Gasteiger partial charge in [-0.25, -0.2) is 4.79 Å². The fraction of sp³-hybridized carbons (Fsp3) is 0.471. The molecule has 6 heteroatoms. The molecule has 1 aromatic heterocycles. The zero-order valence-electron chi connectivity index (χ0n) is 13.1. The number of furan rings is 1. The Kier molecular flexibility index (Phi) is 3.50. The number of hydrogen-bond acceptors (Lipinski definition) is 3. The lowest BCUT2D eigenvalue weighted by Crippen LogP contribution is -2.52. The number of rotatable bonds is 2. The van der Waals surface area contributed by atoms with Crippen LogP contribution in [0.15, 0.2) is 16.5 Å². The van der Waals surface area contributed by atoms with Crippen molar-refractivity contribution in [2.75, 3.05) is 12.4 Å². The van der Waals surface area contributed by atoms with Crippen LogP contribution in [0, 0.1) is 0 Å². The van der Waals surface area contributed by atoms with Crippen LogP contribution in [-0.4, -0.2) is 13.1 Å². The van der Waals surface area contributed by atoms with Crippen molar-refractivity contribution in [3.63, 3.8) is 0 Å². The van der Waals surface area contributed by atoms with E-state index < -0.39 is 0 Å². The highest BCUT2D eigenvalue weighted by Gasteiger charge is 2.43. The number of amides is 2. The van der Waals surface area contributed by atoms with Crippen LogP contribution in [0.25, 0.3) is 11.0 Å². The van der Waals surface area contributed by atoms with Crippen molar-refractivity contribution in [3.8, 4) is 0 Å². The Hall–Kier alpha value is -1.72. The Morgan fingerprint density at radius 1 is 1.30 bits per heavy atom. The molecule has 2 aliphatic rings. The number of hydrogen-bond donors (Lipinski definition) is 3. The molecule has 4 rings (SSSR count). The van der Waals surface area contributed by atoms with E-state index >= 15 is 0 Å². The fourth-order valence-electron chi connectivity index (χ4n) is 4.00. The first-order chi connectivity index (χ1) is 11.1. The standard InChI is InChI=1S/C17H20ClN3O2/c1-19-9-11-7-10-8-12(18)14-13(15(10)23-11)17(21-16(22)20-14)5-3-2-4-6-17/h7-8,19H,2-6,9H2,1H3,(H2,20,21,22). The predicted molar refractivity (Wildman–Crippen MR) is 90.9 cm³/mol. The highest BCUT2D eigenvalue weighted by atomic mass is 35.5. The lowest BCUT2D eigenvalue weighted by atomic mass is 9.74. The van der Waals surface area contributed by atoms with Crippen molar-refractivity contribution >= 4 is 34.3 Å². The average molecular weight is 334 g/mol. The Labute approximate surface area is 139 Å². The summed E-state index contributed by atoms with van der Waals surface area (Å²) in [7, 11) is 1.89. The molecular weight excluding hydrogens is 314 g/mol. The molecular formula is C17H20ClN3O2. The van der Waals surface area contributed by atoms with Gasteiger partial charge >= 0.3 is 6.03 Å². The number of nitrogens with one attached hydrogen (secondary N) is 3. The van der Waals surface area contributed by atoms with Gasteiger partial charge in [-0.1, -0.05) is 30.9 Å². The third-order valence-electron chi connectivity index (χ3n) is 4.94. The second-order valence-electron chi connectivity index (χ2n) is 6.49. The Balaban J connectivity index is 1.98. The first kappa shape index (κ1) is 14.8. The van der Waals surface area contributed by atoms with E-state index in [-0.39, 0.29) is 11.6 Å². The largest absolute Gasteiger partial charge is 0.459 e. The summed E-state index contributed by atoms with van der Waals surface area (Å²) in [6.07, 6.45) is 5.23. The summed E-state index contributed by atoms with van der Waals surface area (Å²) < 4.78 is 6.11. The van der Waals surface area contributed by atoms with Crippen LogP contribution in [0.5, 0.6) is 0 Å². The topological polar surface area (TPSA) is 66.3 Å². The molecule has 3 N–H and O–H groups in total. The number of fused-ring (bicyclic) bond motifs is 4. The average Bonchev–Trinajstić information content (AvgIpc) is 2.90. The molecule has 1 aromatic carbocycles. The summed E-state index contributed by atoms with van der Waals surface area (Å²) in [4.78, 5) is 12.2. The van der Waals surface area contributed by atoms with Crippen molar-refractivity contribution in [2.45, 2.75) is 44.2 Å². The number of carbonyl (C=O) groups excluding carboxylic acids is 1. The van der Waals surface area contributed by atoms with Gasteiger partial charge < -0.3 is 20.4 Å². The third-order valence-corrected chi connectivity index (χ3v) is 5.24. The molecule has 2 aromatic rings. The molecule has 1 fully saturated rings. The van der Waals surface area contributed by atoms with Crippen LogP contribution in [0.2, 0.25) is 5.02 Å². The normalized spacial score (nSPS) is 19.5. The van der Waals surface area contributed by atoms with Crippen LogP contribution in [0.4, 0.5) is 10.5 Å². The summed E-state index contributed by atoms with van der Waals surface area (Å²) in [5.41, 5.74) is 2.19. The monoisotopic (exact) mass is 333 g/mol. The van der Waals surface area contributed by atoms with Gasteiger partial charge in [-0.3, -0.25) is 0 Å². The van der Waals surface area contributed by atoms with Crippen molar-refractivity contribution in [3.05, 3.63) is 28.5 Å². The zero-order valence-corrected chi connectivity index (χ0v) is 13.8. The summed E-state index contributed by atoms with van der Waals surface area (Å²) in [5, 5.41) is 10.7. The van der Waals surface area contributed by atoms with E-state index in [0.717, 1.165) is 48.0 Å². The van der Waals surface area contributed by atoms with Gasteiger partial charge in [-0.15, -0.1) is 0 Å². The van der Waals surface area contributed by atoms with E-state index in [1.807, 2.05) is 19.2 Å². The molecule has 1 aliphatic heterocycles. The summed E-state index contributed by atoms with van der Waals surface area (Å²) in [6.45, 7) is 0.661. The molecule has 0 bridgehead atoms. The summed E-state index contributed by atoms with van der Waals surface area (Å²) in [6, 6.07) is 3.72. The Bertz CT molecular complexity index is 778. The van der Waals surface area contributed by atoms with Crippen molar-refractivity contribution in [2.24, 2.45) is 0 Å². The lowest BCUT2D eigenvalue weighted by Gasteiger charge is -2.42. The second-order valence-corrected chi connectivity index (χ2v) is 6.90. The SMILES string of the molecule is CNCc1cc2cc(Cl)c3c(c2o1)C1(CCCCC1)NC(=O)N3. The van der Waals surface area contributed by atoms with Crippen LogP contribution >= 0.6 is 11.6 Å². The molecule has 1 aliphatic carbocycles. The van der Waals surface area contributed by atoms with E-state index in [2.05, 4.69) is 16.0 Å². The minimum Gasteiger partial charge on any atom is -0.459 e. The smallest absolute Gasteiger partial charge is 0.319 e. The predicted octanol–water partition coefficient (Wildman–Crippen LogP) is 4.10. The van der Waals surface area contributed by atoms with E-state index in [9.17, 15) is 4.79 Å². The molecule has 23 heavy (non-hydrogen) atoms. The van der Waals surface area contributed by atoms with Crippen molar-refractivity contribution < 1.29 is 9.21 Å². The zero-order chi connectivity index (χ0) is 16.0. The van der Waals surface area contributed by atoms with Crippen LogP contribution in [0.3, 0.4) is 0 Å². The highest BCUT2D eigenvalue weighted by Crippen LogP contribution is 2.48. The van der Waals surface area contributed by atoms with Crippen LogP contribution < -0.4 is 16.0 Å². The maximum absolute atomic E-state index is 12.2. The molecule has 0 unspecified atom stereocenters. The third kappa shape index (κ3) is 2.30. The Morgan fingerprint density at radius 3 is 2.83 bits per heavy atom. The van der Waals surface area contributed by atoms with E-state index in [1.54, 1.807) is 0 Å². The van der Waals surface area contributed by atoms with Gasteiger partial charge in [0.2, 0.25) is 0 Å². The van der Waals surface area contributed by atoms with E-state index in [4.69, 9.17) is 16.0 Å². The van der Waals surface area contributed by atoms with Crippen LogP contribution in [0.1, 0.15) is 43.4 Å². The molecule has 0 radical (unpaired) electrons. The maximum atomic E-state index is 12.2. The summed E-state index contributed by atoms with van der Waals surface area (Å²) in [5.74, 6) is 0.870. The molecule has 5 nitrogen and oxygen atoms in total. The molecule has 0 atom stereocenters.